The first-order chi connectivity index (χ1) is 17.5. The molecule has 5 N–H and O–H groups in total. The molecular weight excluding hydrogens is 468 g/mol. The number of aliphatic hydroxyl groups is 1. The Morgan fingerprint density at radius 1 is 1.03 bits per heavy atom. The maximum atomic E-state index is 13.4. The van der Waals surface area contributed by atoms with Crippen LogP contribution >= 0.6 is 0 Å². The third kappa shape index (κ3) is 7.32. The molecule has 3 amide bonds. The average Bonchev–Trinajstić information content (AvgIpc) is 3.64. The Labute approximate surface area is 220 Å². The number of hydrogen-bond donors (Lipinski definition) is 4. The second-order valence-electron chi connectivity index (χ2n) is 12.5. The first-order valence-electron chi connectivity index (χ1n) is 13.9. The zero-order valence-electron chi connectivity index (χ0n) is 22.5. The number of nitrogens with one attached hydrogen (secondary N) is 2. The van der Waals surface area contributed by atoms with E-state index in [0.29, 0.717) is 31.2 Å². The first kappa shape index (κ1) is 27.6. The lowest BCUT2D eigenvalue weighted by Crippen LogP contribution is -2.60. The van der Waals surface area contributed by atoms with Crippen molar-refractivity contribution in [2.45, 2.75) is 89.4 Å². The molecule has 1 aromatic carbocycles. The molecule has 1 aromatic rings. The van der Waals surface area contributed by atoms with Gasteiger partial charge in [0.1, 0.15) is 0 Å². The first-order valence-corrected chi connectivity index (χ1v) is 13.9. The van der Waals surface area contributed by atoms with Crippen molar-refractivity contribution >= 4 is 17.7 Å². The number of aliphatic hydroxyl groups excluding tert-OH is 1. The van der Waals surface area contributed by atoms with Crippen molar-refractivity contribution in [3.63, 3.8) is 0 Å². The number of benzene rings is 1. The van der Waals surface area contributed by atoms with Gasteiger partial charge in [-0.25, -0.2) is 0 Å². The number of likely N-dealkylation sites (tertiary alicyclic amines) is 1. The van der Waals surface area contributed by atoms with Crippen LogP contribution in [0.25, 0.3) is 0 Å². The molecule has 3 aliphatic rings. The minimum Gasteiger partial charge on any atom is -0.390 e. The lowest BCUT2D eigenvalue weighted by molar-refractivity contribution is -0.133. The second-order valence-corrected chi connectivity index (χ2v) is 12.5. The van der Waals surface area contributed by atoms with E-state index < -0.39 is 29.9 Å². The molecule has 1 heterocycles. The van der Waals surface area contributed by atoms with Gasteiger partial charge in [0.25, 0.3) is 0 Å². The van der Waals surface area contributed by atoms with Crippen molar-refractivity contribution in [3.8, 4) is 0 Å². The summed E-state index contributed by atoms with van der Waals surface area (Å²) in [6.45, 7) is 7.03. The summed E-state index contributed by atoms with van der Waals surface area (Å²) in [5, 5.41) is 17.7. The lowest BCUT2D eigenvalue weighted by Gasteiger charge is -2.47. The van der Waals surface area contributed by atoms with Gasteiger partial charge in [0.15, 0.2) is 0 Å². The molecule has 1 aliphatic heterocycles. The predicted octanol–water partition coefficient (Wildman–Crippen LogP) is 1.99. The number of hydrogen-bond acceptors (Lipinski definition) is 5. The summed E-state index contributed by atoms with van der Waals surface area (Å²) < 4.78 is 0. The van der Waals surface area contributed by atoms with E-state index >= 15 is 0 Å². The largest absolute Gasteiger partial charge is 0.390 e. The highest BCUT2D eigenvalue weighted by molar-refractivity contribution is 5.91. The van der Waals surface area contributed by atoms with Crippen molar-refractivity contribution in [2.24, 2.45) is 29.4 Å². The van der Waals surface area contributed by atoms with Crippen LogP contribution in [0.3, 0.4) is 0 Å². The molecule has 2 unspecified atom stereocenters. The number of carbonyl (C=O) groups excluding carboxylic acids is 3. The molecule has 0 aromatic heterocycles. The third-order valence-corrected chi connectivity index (χ3v) is 8.31. The number of piperidine rings is 1. The number of amides is 3. The zero-order valence-corrected chi connectivity index (χ0v) is 22.5. The van der Waals surface area contributed by atoms with Crippen LogP contribution in [-0.2, 0) is 20.8 Å². The second kappa shape index (κ2) is 11.5. The third-order valence-electron chi connectivity index (χ3n) is 8.31. The molecule has 8 nitrogen and oxygen atoms in total. The van der Waals surface area contributed by atoms with Crippen LogP contribution in [-0.4, -0.2) is 64.5 Å². The number of nitrogens with zero attached hydrogens (tertiary/aromatic N) is 1. The topological polar surface area (TPSA) is 125 Å². The van der Waals surface area contributed by atoms with Gasteiger partial charge in [-0.1, -0.05) is 49.6 Å². The fraction of sp³-hybridized carbons (Fsp3) is 0.690. The van der Waals surface area contributed by atoms with Crippen LogP contribution < -0.4 is 16.4 Å². The van der Waals surface area contributed by atoms with Crippen LogP contribution in [0.15, 0.2) is 30.3 Å². The quantitative estimate of drug-likeness (QED) is 0.403. The van der Waals surface area contributed by atoms with Crippen LogP contribution in [0, 0.1) is 23.7 Å². The van der Waals surface area contributed by atoms with Crippen molar-refractivity contribution in [1.29, 1.82) is 0 Å². The normalized spacial score (nSPS) is 29.5. The molecule has 3 fully saturated rings. The summed E-state index contributed by atoms with van der Waals surface area (Å²) in [5.41, 5.74) is 6.06. The van der Waals surface area contributed by atoms with E-state index in [0.717, 1.165) is 31.4 Å². The zero-order chi connectivity index (χ0) is 26.7. The van der Waals surface area contributed by atoms with Gasteiger partial charge in [0.2, 0.25) is 17.7 Å². The van der Waals surface area contributed by atoms with Gasteiger partial charge >= 0.3 is 0 Å². The van der Waals surface area contributed by atoms with E-state index in [1.165, 1.54) is 12.8 Å². The van der Waals surface area contributed by atoms with Crippen molar-refractivity contribution < 1.29 is 19.5 Å². The molecule has 0 radical (unpaired) electrons. The van der Waals surface area contributed by atoms with E-state index in [-0.39, 0.29) is 23.4 Å². The fourth-order valence-electron chi connectivity index (χ4n) is 6.23. The maximum Gasteiger partial charge on any atom is 0.237 e. The highest BCUT2D eigenvalue weighted by Gasteiger charge is 2.48. The summed E-state index contributed by atoms with van der Waals surface area (Å²) in [5.74, 6) is -0.464. The van der Waals surface area contributed by atoms with Crippen LogP contribution in [0.4, 0.5) is 0 Å². The predicted molar refractivity (Wildman–Crippen MR) is 142 cm³/mol. The minimum absolute atomic E-state index is 0.00893. The van der Waals surface area contributed by atoms with Gasteiger partial charge in [-0.05, 0) is 63.9 Å². The van der Waals surface area contributed by atoms with E-state index in [2.05, 4.69) is 15.5 Å². The fourth-order valence-corrected chi connectivity index (χ4v) is 6.23. The van der Waals surface area contributed by atoms with Crippen molar-refractivity contribution in [2.75, 3.05) is 13.1 Å². The molecule has 4 rings (SSSR count). The van der Waals surface area contributed by atoms with Crippen molar-refractivity contribution in [3.05, 3.63) is 35.9 Å². The summed E-state index contributed by atoms with van der Waals surface area (Å²) in [7, 11) is 0. The van der Waals surface area contributed by atoms with E-state index in [1.54, 1.807) is 0 Å². The van der Waals surface area contributed by atoms with Crippen LogP contribution in [0.1, 0.15) is 64.9 Å². The Bertz CT molecular complexity index is 962. The molecule has 2 aliphatic carbocycles. The maximum absolute atomic E-state index is 13.4. The number of fused-ring (bicyclic) bond motifs is 1. The van der Waals surface area contributed by atoms with Crippen LogP contribution in [0.2, 0.25) is 0 Å². The number of nitrogens with two attached hydrogens (primary N) is 1. The molecule has 8 heteroatoms. The Balaban J connectivity index is 1.50. The van der Waals surface area contributed by atoms with Gasteiger partial charge in [-0.2, -0.15) is 0 Å². The molecular formula is C29H44N4O4. The molecule has 0 bridgehead atoms. The van der Waals surface area contributed by atoms with E-state index in [1.807, 2.05) is 51.1 Å². The van der Waals surface area contributed by atoms with Gasteiger partial charge in [-0.3, -0.25) is 19.3 Å². The minimum atomic E-state index is -0.875. The summed E-state index contributed by atoms with van der Waals surface area (Å²) >= 11 is 0. The number of rotatable bonds is 9. The van der Waals surface area contributed by atoms with Gasteiger partial charge in [0.05, 0.1) is 30.0 Å². The number of primary amides is 1. The molecule has 1 saturated heterocycles. The highest BCUT2D eigenvalue weighted by atomic mass is 16.3. The monoisotopic (exact) mass is 512 g/mol. The van der Waals surface area contributed by atoms with Gasteiger partial charge in [0, 0.05) is 18.6 Å². The van der Waals surface area contributed by atoms with E-state index in [9.17, 15) is 19.5 Å². The lowest BCUT2D eigenvalue weighted by atomic mass is 9.72. The van der Waals surface area contributed by atoms with Crippen LogP contribution in [0.5, 0.6) is 0 Å². The molecule has 37 heavy (non-hydrogen) atoms. The molecule has 7 atom stereocenters. The Morgan fingerprint density at radius 2 is 1.70 bits per heavy atom. The summed E-state index contributed by atoms with van der Waals surface area (Å²) in [4.78, 5) is 40.0. The highest BCUT2D eigenvalue weighted by Crippen LogP contribution is 2.40. The van der Waals surface area contributed by atoms with Crippen molar-refractivity contribution in [1.82, 2.24) is 15.5 Å². The number of carbonyl (C=O) groups is 3. The van der Waals surface area contributed by atoms with E-state index in [4.69, 9.17) is 5.73 Å². The summed E-state index contributed by atoms with van der Waals surface area (Å²) in [6, 6.07) is 8.91. The summed E-state index contributed by atoms with van der Waals surface area (Å²) in [6.07, 6.45) is 5.60. The van der Waals surface area contributed by atoms with Gasteiger partial charge < -0.3 is 21.5 Å². The standard InChI is InChI=1S/C29H44N4O4/c1-29(2,3)32-28(37)24-14-19-11-7-8-12-20(19)16-33(24)17-25(34)23(13-18-9-5-4-6-10-18)31-27(36)22-15-21(22)26(30)35/h4-6,9-10,19-25,34H,7-8,11-17H2,1-3H3,(H2,30,35)(H,31,36)(H,32,37)/t19-,20+,21?,22?,23-,24-,25+/m0/s1. The molecule has 0 spiro atoms. The average molecular weight is 513 g/mol. The Morgan fingerprint density at radius 3 is 2.32 bits per heavy atom. The van der Waals surface area contributed by atoms with Gasteiger partial charge in [-0.15, -0.1) is 0 Å². The Hall–Kier alpha value is -2.45. The molecule has 204 valence electrons. The Kier molecular flexibility index (Phi) is 8.59. The smallest absolute Gasteiger partial charge is 0.237 e. The molecule has 2 saturated carbocycles. The SMILES string of the molecule is CC(C)(C)NC(=O)[C@@H]1C[C@@H]2CCCC[C@@H]2CN1C[C@@H](O)[C@H](Cc1ccccc1)NC(=O)C1CC1C(N)=O. The number of β-amino-alcohol motifs (C(OH)–C–C–N with tert-alkyl or cyclic N) is 1.